The quantitative estimate of drug-likeness (QED) is 0.281. The smallest absolute Gasteiger partial charge is 0.359 e. The molecule has 3 rings (SSSR count). The molecule has 3 aromatic rings. The molecule has 142 valence electrons. The fourth-order valence-electron chi connectivity index (χ4n) is 2.82. The van der Waals surface area contributed by atoms with Crippen LogP contribution in [0.3, 0.4) is 0 Å². The van der Waals surface area contributed by atoms with Crippen molar-refractivity contribution in [2.75, 3.05) is 6.61 Å². The van der Waals surface area contributed by atoms with E-state index in [0.29, 0.717) is 16.9 Å². The van der Waals surface area contributed by atoms with Gasteiger partial charge in [-0.15, -0.1) is 0 Å². The minimum Gasteiger partial charge on any atom is -0.461 e. The van der Waals surface area contributed by atoms with Crippen LogP contribution in [0.2, 0.25) is 0 Å². The van der Waals surface area contributed by atoms with Crippen molar-refractivity contribution in [3.05, 3.63) is 87.2 Å². The third-order valence-corrected chi connectivity index (χ3v) is 4.15. The number of nitrogens with zero attached hydrogens (tertiary/aromatic N) is 3. The van der Waals surface area contributed by atoms with E-state index in [1.54, 1.807) is 44.2 Å². The third-order valence-electron chi connectivity index (χ3n) is 4.15. The first-order valence-electron chi connectivity index (χ1n) is 8.55. The molecule has 0 N–H and O–H groups in total. The van der Waals surface area contributed by atoms with Crippen LogP contribution >= 0.6 is 0 Å². The van der Waals surface area contributed by atoms with E-state index in [-0.39, 0.29) is 29.3 Å². The first-order valence-corrected chi connectivity index (χ1v) is 8.55. The number of aromatic nitrogens is 2. The molecule has 0 atom stereocenters. The van der Waals surface area contributed by atoms with Crippen LogP contribution < -0.4 is 0 Å². The predicted molar refractivity (Wildman–Crippen MR) is 101 cm³/mol. The molecule has 0 bridgehead atoms. The lowest BCUT2D eigenvalue weighted by atomic mass is 10.0. The van der Waals surface area contributed by atoms with Crippen molar-refractivity contribution in [3.8, 4) is 5.69 Å². The minimum atomic E-state index is -0.703. The molecule has 2 aromatic carbocycles. The lowest BCUT2D eigenvalue weighted by molar-refractivity contribution is -0.384. The monoisotopic (exact) mass is 379 g/mol. The maximum absolute atomic E-state index is 13.0. The topological polar surface area (TPSA) is 104 Å². The number of ketones is 1. The van der Waals surface area contributed by atoms with Crippen molar-refractivity contribution in [1.82, 2.24) is 9.78 Å². The number of esters is 1. The van der Waals surface area contributed by atoms with Crippen molar-refractivity contribution in [1.29, 1.82) is 0 Å². The van der Waals surface area contributed by atoms with Gasteiger partial charge in [0.05, 0.1) is 28.5 Å². The maximum Gasteiger partial charge on any atom is 0.359 e. The molecule has 0 spiro atoms. The summed E-state index contributed by atoms with van der Waals surface area (Å²) in [5, 5.41) is 15.1. The minimum absolute atomic E-state index is 0.0697. The van der Waals surface area contributed by atoms with E-state index < -0.39 is 10.9 Å². The maximum atomic E-state index is 13.0. The summed E-state index contributed by atoms with van der Waals surface area (Å²) in [6.07, 6.45) is 0. The van der Waals surface area contributed by atoms with E-state index in [9.17, 15) is 19.7 Å². The lowest BCUT2D eigenvalue weighted by Crippen LogP contribution is -2.12. The summed E-state index contributed by atoms with van der Waals surface area (Å²) in [6.45, 7) is 3.46. The van der Waals surface area contributed by atoms with Crippen LogP contribution in [0.1, 0.15) is 39.0 Å². The van der Waals surface area contributed by atoms with Gasteiger partial charge in [0.2, 0.25) is 0 Å². The highest BCUT2D eigenvalue weighted by molar-refractivity contribution is 6.14. The summed E-state index contributed by atoms with van der Waals surface area (Å²) in [6, 6.07) is 14.2. The van der Waals surface area contributed by atoms with Gasteiger partial charge in [0.15, 0.2) is 11.5 Å². The zero-order valence-electron chi connectivity index (χ0n) is 15.3. The highest BCUT2D eigenvalue weighted by Crippen LogP contribution is 2.24. The fourth-order valence-corrected chi connectivity index (χ4v) is 2.82. The van der Waals surface area contributed by atoms with Crippen molar-refractivity contribution in [3.63, 3.8) is 0 Å². The van der Waals surface area contributed by atoms with Gasteiger partial charge in [-0.2, -0.15) is 5.10 Å². The third kappa shape index (κ3) is 3.52. The van der Waals surface area contributed by atoms with Gasteiger partial charge in [-0.05, 0) is 26.0 Å². The Balaban J connectivity index is 2.14. The van der Waals surface area contributed by atoms with Crippen molar-refractivity contribution >= 4 is 17.4 Å². The number of hydrogen-bond donors (Lipinski definition) is 0. The standard InChI is InChI=1S/C20H17N3O5/c1-3-28-20(25)18-17(19(24)14-7-5-4-6-8-14)13(2)22(21-18)15-9-11-16(12-10-15)23(26)27/h4-12H,3H2,1-2H3. The summed E-state index contributed by atoms with van der Waals surface area (Å²) in [7, 11) is 0. The first-order chi connectivity index (χ1) is 13.4. The molecule has 0 saturated carbocycles. The normalized spacial score (nSPS) is 10.5. The molecule has 28 heavy (non-hydrogen) atoms. The Bertz CT molecular complexity index is 1040. The van der Waals surface area contributed by atoms with Crippen molar-refractivity contribution in [2.24, 2.45) is 0 Å². The zero-order chi connectivity index (χ0) is 20.3. The Morgan fingerprint density at radius 3 is 2.32 bits per heavy atom. The number of carbonyl (C=O) groups is 2. The van der Waals surface area contributed by atoms with Crippen molar-refractivity contribution < 1.29 is 19.2 Å². The average Bonchev–Trinajstić information content (AvgIpc) is 3.05. The summed E-state index contributed by atoms with van der Waals surface area (Å²) in [4.78, 5) is 35.8. The van der Waals surface area contributed by atoms with Crippen LogP contribution in [-0.4, -0.2) is 33.1 Å². The molecule has 8 heteroatoms. The molecule has 8 nitrogen and oxygen atoms in total. The summed E-state index contributed by atoms with van der Waals surface area (Å²) >= 11 is 0. The van der Waals surface area contributed by atoms with Gasteiger partial charge in [0, 0.05) is 17.7 Å². The number of benzene rings is 2. The van der Waals surface area contributed by atoms with Crippen LogP contribution in [0.25, 0.3) is 5.69 Å². The van der Waals surface area contributed by atoms with E-state index in [0.717, 1.165) is 0 Å². The molecule has 0 aliphatic heterocycles. The van der Waals surface area contributed by atoms with Gasteiger partial charge >= 0.3 is 5.97 Å². The Labute approximate surface area is 160 Å². The Morgan fingerprint density at radius 1 is 1.11 bits per heavy atom. The molecule has 0 saturated heterocycles. The second-order valence-electron chi connectivity index (χ2n) is 5.91. The summed E-state index contributed by atoms with van der Waals surface area (Å²) in [5.74, 6) is -1.06. The van der Waals surface area contributed by atoms with E-state index in [1.165, 1.54) is 28.9 Å². The van der Waals surface area contributed by atoms with Crippen LogP contribution in [0.5, 0.6) is 0 Å². The predicted octanol–water partition coefficient (Wildman–Crippen LogP) is 3.50. The molecule has 1 aromatic heterocycles. The second-order valence-corrected chi connectivity index (χ2v) is 5.91. The van der Waals surface area contributed by atoms with E-state index in [2.05, 4.69) is 5.10 Å². The molecule has 0 unspecified atom stereocenters. The number of rotatable bonds is 6. The molecule has 0 aliphatic carbocycles. The van der Waals surface area contributed by atoms with Crippen LogP contribution in [0.4, 0.5) is 5.69 Å². The van der Waals surface area contributed by atoms with E-state index in [1.807, 2.05) is 0 Å². The molecular weight excluding hydrogens is 362 g/mol. The van der Waals surface area contributed by atoms with Gasteiger partial charge in [-0.1, -0.05) is 30.3 Å². The number of non-ortho nitro benzene ring substituents is 1. The average molecular weight is 379 g/mol. The molecule has 0 radical (unpaired) electrons. The van der Waals surface area contributed by atoms with E-state index in [4.69, 9.17) is 4.74 Å². The summed E-state index contributed by atoms with van der Waals surface area (Å²) in [5.41, 5.74) is 1.32. The molecule has 1 heterocycles. The van der Waals surface area contributed by atoms with Gasteiger partial charge in [-0.3, -0.25) is 14.9 Å². The van der Waals surface area contributed by atoms with Crippen LogP contribution in [0, 0.1) is 17.0 Å². The zero-order valence-corrected chi connectivity index (χ0v) is 15.3. The van der Waals surface area contributed by atoms with Gasteiger partial charge in [0.1, 0.15) is 0 Å². The highest BCUT2D eigenvalue weighted by atomic mass is 16.6. The van der Waals surface area contributed by atoms with Gasteiger partial charge < -0.3 is 4.74 Å². The number of hydrogen-bond acceptors (Lipinski definition) is 6. The van der Waals surface area contributed by atoms with Crippen molar-refractivity contribution in [2.45, 2.75) is 13.8 Å². The van der Waals surface area contributed by atoms with Gasteiger partial charge in [0.25, 0.3) is 5.69 Å². The number of carbonyl (C=O) groups excluding carboxylic acids is 2. The van der Waals surface area contributed by atoms with Crippen LogP contribution in [-0.2, 0) is 4.74 Å². The Morgan fingerprint density at radius 2 is 1.75 bits per heavy atom. The molecule has 0 amide bonds. The number of nitro benzene ring substituents is 1. The van der Waals surface area contributed by atoms with Crippen LogP contribution in [0.15, 0.2) is 54.6 Å². The van der Waals surface area contributed by atoms with E-state index >= 15 is 0 Å². The second kappa shape index (κ2) is 7.83. The van der Waals surface area contributed by atoms with Gasteiger partial charge in [-0.25, -0.2) is 9.48 Å². The number of nitro groups is 1. The molecular formula is C20H17N3O5. The molecule has 0 aliphatic rings. The Hall–Kier alpha value is -3.81. The summed E-state index contributed by atoms with van der Waals surface area (Å²) < 4.78 is 6.46. The first kappa shape index (κ1) is 19.0. The number of ether oxygens (including phenoxy) is 1. The SMILES string of the molecule is CCOC(=O)c1nn(-c2ccc([N+](=O)[O-])cc2)c(C)c1C(=O)c1ccccc1. The molecule has 0 fully saturated rings. The largest absolute Gasteiger partial charge is 0.461 e. The fraction of sp³-hybridized carbons (Fsp3) is 0.150. The highest BCUT2D eigenvalue weighted by Gasteiger charge is 2.28. The Kier molecular flexibility index (Phi) is 5.30. The lowest BCUT2D eigenvalue weighted by Gasteiger charge is -2.05.